The van der Waals surface area contributed by atoms with Crippen molar-refractivity contribution in [2.24, 2.45) is 39.9 Å². The SMILES string of the molecule is COC(=O)[C@@H]1CC[C@@H]2[C@@]3(C)CCCC(C)(C)[C@@H]3C[C@@H](OC(C)=O)[C@]23C2O[C@]4(C)C[C@@H]([C@H]13)N2C4. The molecule has 10 atom stereocenters. The highest BCUT2D eigenvalue weighted by atomic mass is 16.6. The van der Waals surface area contributed by atoms with Gasteiger partial charge in [0.15, 0.2) is 0 Å². The fraction of sp³-hybridized carbons (Fsp3) is 0.926. The van der Waals surface area contributed by atoms with Crippen molar-refractivity contribution >= 4 is 11.9 Å². The van der Waals surface area contributed by atoms with Crippen LogP contribution in [-0.4, -0.2) is 54.5 Å². The molecule has 2 bridgehead atoms. The summed E-state index contributed by atoms with van der Waals surface area (Å²) in [6.07, 6.45) is 7.07. The average molecular weight is 460 g/mol. The van der Waals surface area contributed by atoms with Gasteiger partial charge in [-0.05, 0) is 68.1 Å². The number of ether oxygens (including phenoxy) is 3. The monoisotopic (exact) mass is 459 g/mol. The molecule has 3 saturated carbocycles. The van der Waals surface area contributed by atoms with Gasteiger partial charge in [0.1, 0.15) is 12.3 Å². The third-order valence-corrected chi connectivity index (χ3v) is 11.4. The van der Waals surface area contributed by atoms with Crippen LogP contribution in [0.2, 0.25) is 0 Å². The molecule has 6 rings (SSSR count). The molecule has 184 valence electrons. The Morgan fingerprint density at radius 2 is 1.82 bits per heavy atom. The second-order valence-corrected chi connectivity index (χ2v) is 13.4. The van der Waals surface area contributed by atoms with Crippen molar-refractivity contribution in [2.75, 3.05) is 13.7 Å². The highest BCUT2D eigenvalue weighted by Gasteiger charge is 2.81. The first-order valence-corrected chi connectivity index (χ1v) is 13.2. The third kappa shape index (κ3) is 2.63. The molecule has 6 nitrogen and oxygen atoms in total. The first-order chi connectivity index (χ1) is 15.5. The maximum Gasteiger partial charge on any atom is 0.309 e. The maximum absolute atomic E-state index is 13.2. The van der Waals surface area contributed by atoms with Gasteiger partial charge in [0.05, 0.1) is 24.0 Å². The van der Waals surface area contributed by atoms with E-state index < -0.39 is 0 Å². The first kappa shape index (κ1) is 22.3. The van der Waals surface area contributed by atoms with Crippen LogP contribution in [0.4, 0.5) is 0 Å². The fourth-order valence-corrected chi connectivity index (χ4v) is 10.7. The number of rotatable bonds is 2. The molecule has 3 heterocycles. The van der Waals surface area contributed by atoms with Gasteiger partial charge in [-0.15, -0.1) is 0 Å². The highest BCUT2D eigenvalue weighted by Crippen LogP contribution is 2.76. The van der Waals surface area contributed by atoms with Gasteiger partial charge in [-0.3, -0.25) is 14.5 Å². The van der Waals surface area contributed by atoms with E-state index in [-0.39, 0.29) is 58.0 Å². The Balaban J connectivity index is 1.56. The summed E-state index contributed by atoms with van der Waals surface area (Å²) in [5, 5.41) is 0. The summed E-state index contributed by atoms with van der Waals surface area (Å²) in [5.41, 5.74) is -0.146. The van der Waals surface area contributed by atoms with Crippen molar-refractivity contribution in [3.05, 3.63) is 0 Å². The van der Waals surface area contributed by atoms with Crippen molar-refractivity contribution in [1.29, 1.82) is 0 Å². The number of carbonyl (C=O) groups is 2. The summed E-state index contributed by atoms with van der Waals surface area (Å²) >= 11 is 0. The Hall–Kier alpha value is -1.14. The molecule has 3 aliphatic carbocycles. The lowest BCUT2D eigenvalue weighted by Gasteiger charge is -2.68. The van der Waals surface area contributed by atoms with Gasteiger partial charge in [-0.2, -0.15) is 0 Å². The second kappa shape index (κ2) is 6.75. The number of methoxy groups -OCH3 is 1. The molecule has 0 aromatic rings. The number of hydrogen-bond acceptors (Lipinski definition) is 6. The van der Waals surface area contributed by atoms with Crippen LogP contribution < -0.4 is 0 Å². The molecule has 0 aromatic heterocycles. The van der Waals surface area contributed by atoms with Crippen LogP contribution >= 0.6 is 0 Å². The zero-order valence-corrected chi connectivity index (χ0v) is 21.2. The summed E-state index contributed by atoms with van der Waals surface area (Å²) < 4.78 is 18.6. The number of hydrogen-bond donors (Lipinski definition) is 0. The van der Waals surface area contributed by atoms with Gasteiger partial charge in [-0.25, -0.2) is 0 Å². The highest BCUT2D eigenvalue weighted by molar-refractivity contribution is 5.73. The number of carbonyl (C=O) groups excluding carboxylic acids is 2. The Morgan fingerprint density at radius 1 is 1.06 bits per heavy atom. The predicted octanol–water partition coefficient (Wildman–Crippen LogP) is 4.16. The van der Waals surface area contributed by atoms with Gasteiger partial charge in [0, 0.05) is 25.4 Å². The minimum Gasteiger partial charge on any atom is -0.469 e. The first-order valence-electron chi connectivity index (χ1n) is 13.2. The molecule has 0 amide bonds. The molecule has 3 saturated heterocycles. The van der Waals surface area contributed by atoms with Crippen LogP contribution in [0.1, 0.15) is 79.6 Å². The molecule has 6 heteroatoms. The van der Waals surface area contributed by atoms with Crippen LogP contribution in [0, 0.1) is 39.9 Å². The molecule has 3 aliphatic heterocycles. The fourth-order valence-electron chi connectivity index (χ4n) is 10.7. The molecule has 0 N–H and O–H groups in total. The molecular weight excluding hydrogens is 418 g/mol. The standard InChI is InChI=1S/C27H41NO5/c1-15(29)32-20-12-19-24(2,3)10-7-11-26(19,5)18-9-8-16(22(30)31-6)21-17-13-25(4)14-28(17)23(33-25)27(18,20)21/h16-21,23H,7-14H2,1-6H3/t16-,17+,18-,19+,20-,21+,23?,25-,26-,27-/m1/s1. The van der Waals surface area contributed by atoms with Crippen molar-refractivity contribution in [1.82, 2.24) is 4.90 Å². The Bertz CT molecular complexity index is 888. The van der Waals surface area contributed by atoms with E-state index in [4.69, 9.17) is 14.2 Å². The van der Waals surface area contributed by atoms with Crippen molar-refractivity contribution in [3.8, 4) is 0 Å². The molecule has 1 unspecified atom stereocenters. The maximum atomic E-state index is 13.2. The average Bonchev–Trinajstić information content (AvgIpc) is 3.30. The zero-order valence-electron chi connectivity index (χ0n) is 21.2. The van der Waals surface area contributed by atoms with E-state index in [9.17, 15) is 9.59 Å². The predicted molar refractivity (Wildman–Crippen MR) is 122 cm³/mol. The Labute approximate surface area is 198 Å². The summed E-state index contributed by atoms with van der Waals surface area (Å²) in [5.74, 6) is 0.533. The minimum atomic E-state index is -0.347. The van der Waals surface area contributed by atoms with Crippen LogP contribution in [0.5, 0.6) is 0 Å². The lowest BCUT2D eigenvalue weighted by molar-refractivity contribution is -0.267. The minimum absolute atomic E-state index is 0.0733. The van der Waals surface area contributed by atoms with Crippen molar-refractivity contribution in [2.45, 2.75) is 104 Å². The van der Waals surface area contributed by atoms with Crippen molar-refractivity contribution < 1.29 is 23.8 Å². The summed E-state index contributed by atoms with van der Waals surface area (Å²) in [7, 11) is 1.52. The lowest BCUT2D eigenvalue weighted by atomic mass is 9.37. The number of fused-ring (bicyclic) bond motifs is 4. The topological polar surface area (TPSA) is 65.1 Å². The quantitative estimate of drug-likeness (QED) is 0.578. The smallest absolute Gasteiger partial charge is 0.309 e. The molecule has 6 aliphatic rings. The van der Waals surface area contributed by atoms with E-state index >= 15 is 0 Å². The van der Waals surface area contributed by atoms with Crippen LogP contribution in [0.25, 0.3) is 0 Å². The molecular formula is C27H41NO5. The zero-order chi connectivity index (χ0) is 23.6. The van der Waals surface area contributed by atoms with Gasteiger partial charge in [0.2, 0.25) is 0 Å². The van der Waals surface area contributed by atoms with E-state index in [1.807, 2.05) is 0 Å². The van der Waals surface area contributed by atoms with E-state index in [2.05, 4.69) is 32.6 Å². The van der Waals surface area contributed by atoms with Crippen LogP contribution in [0.3, 0.4) is 0 Å². The second-order valence-electron chi connectivity index (χ2n) is 13.4. The van der Waals surface area contributed by atoms with E-state index in [0.29, 0.717) is 17.9 Å². The van der Waals surface area contributed by atoms with Gasteiger partial charge in [0.25, 0.3) is 0 Å². The lowest BCUT2D eigenvalue weighted by Crippen LogP contribution is -2.69. The summed E-state index contributed by atoms with van der Waals surface area (Å²) in [4.78, 5) is 28.2. The van der Waals surface area contributed by atoms with E-state index in [1.165, 1.54) is 26.4 Å². The largest absolute Gasteiger partial charge is 0.469 e. The van der Waals surface area contributed by atoms with Crippen molar-refractivity contribution in [3.63, 3.8) is 0 Å². The van der Waals surface area contributed by atoms with Gasteiger partial charge < -0.3 is 14.2 Å². The van der Waals surface area contributed by atoms with E-state index in [0.717, 1.165) is 32.2 Å². The molecule has 1 spiro atoms. The summed E-state index contributed by atoms with van der Waals surface area (Å²) in [6.45, 7) is 12.0. The summed E-state index contributed by atoms with van der Waals surface area (Å²) in [6, 6.07) is 0.301. The normalized spacial score (nSPS) is 53.7. The van der Waals surface area contributed by atoms with Gasteiger partial charge in [-0.1, -0.05) is 27.2 Å². The number of nitrogens with zero attached hydrogens (tertiary/aromatic N) is 1. The third-order valence-electron chi connectivity index (χ3n) is 11.4. The Kier molecular flexibility index (Phi) is 4.57. The molecule has 0 aromatic carbocycles. The molecule has 0 radical (unpaired) electrons. The van der Waals surface area contributed by atoms with Gasteiger partial charge >= 0.3 is 11.9 Å². The Morgan fingerprint density at radius 3 is 2.48 bits per heavy atom. The van der Waals surface area contributed by atoms with Crippen LogP contribution in [-0.2, 0) is 23.8 Å². The van der Waals surface area contributed by atoms with Crippen LogP contribution in [0.15, 0.2) is 0 Å². The van der Waals surface area contributed by atoms with E-state index in [1.54, 1.807) is 6.92 Å². The number of esters is 2. The molecule has 6 fully saturated rings. The molecule has 33 heavy (non-hydrogen) atoms.